The van der Waals surface area contributed by atoms with Gasteiger partial charge in [-0.25, -0.2) is 19.4 Å². The zero-order valence-corrected chi connectivity index (χ0v) is 11.0. The van der Waals surface area contributed by atoms with Crippen LogP contribution in [0.25, 0.3) is 5.82 Å². The van der Waals surface area contributed by atoms with Gasteiger partial charge in [-0.15, -0.1) is 0 Å². The van der Waals surface area contributed by atoms with Gasteiger partial charge in [0.2, 0.25) is 0 Å². The summed E-state index contributed by atoms with van der Waals surface area (Å²) in [5, 5.41) is 7.05. The Kier molecular flexibility index (Phi) is 3.74. The number of nitrogens with zero attached hydrogens (tertiary/aromatic N) is 4. The van der Waals surface area contributed by atoms with Crippen molar-refractivity contribution in [2.24, 2.45) is 0 Å². The third kappa shape index (κ3) is 2.87. The minimum Gasteiger partial charge on any atom is -0.462 e. The Morgan fingerprint density at radius 2 is 2.26 bits per heavy atom. The lowest BCUT2D eigenvalue weighted by Crippen LogP contribution is -2.05. The second-order valence-corrected chi connectivity index (χ2v) is 3.80. The molecule has 0 amide bonds. The first kappa shape index (κ1) is 13.0. The number of ether oxygens (including phenoxy) is 1. The van der Waals surface area contributed by atoms with E-state index in [0.717, 1.165) is 0 Å². The highest BCUT2D eigenvalue weighted by Gasteiger charge is 2.11. The molecular formula is C12H15N5O2. The zero-order chi connectivity index (χ0) is 13.8. The fraction of sp³-hybridized carbons (Fsp3) is 0.333. The SMILES string of the molecule is CCOC(=O)c1cnn(-c2cc(NC)nc(C)n2)c1. The Balaban J connectivity index is 2.32. The number of aromatic nitrogens is 4. The molecule has 2 aromatic heterocycles. The van der Waals surface area contributed by atoms with Gasteiger partial charge in [0, 0.05) is 19.3 Å². The summed E-state index contributed by atoms with van der Waals surface area (Å²) in [6.45, 7) is 3.88. The van der Waals surface area contributed by atoms with E-state index in [4.69, 9.17) is 4.74 Å². The van der Waals surface area contributed by atoms with Crippen molar-refractivity contribution in [2.45, 2.75) is 13.8 Å². The lowest BCUT2D eigenvalue weighted by molar-refractivity contribution is 0.0526. The van der Waals surface area contributed by atoms with Crippen LogP contribution in [-0.4, -0.2) is 39.4 Å². The quantitative estimate of drug-likeness (QED) is 0.832. The monoisotopic (exact) mass is 261 g/mol. The van der Waals surface area contributed by atoms with Crippen LogP contribution in [-0.2, 0) is 4.74 Å². The summed E-state index contributed by atoms with van der Waals surface area (Å²) in [7, 11) is 1.78. The molecule has 0 spiro atoms. The Hall–Kier alpha value is -2.44. The maximum Gasteiger partial charge on any atom is 0.341 e. The topological polar surface area (TPSA) is 81.9 Å². The van der Waals surface area contributed by atoms with Crippen molar-refractivity contribution in [3.8, 4) is 5.82 Å². The van der Waals surface area contributed by atoms with Crippen LogP contribution in [0.5, 0.6) is 0 Å². The zero-order valence-electron chi connectivity index (χ0n) is 11.0. The molecule has 2 aromatic rings. The number of rotatable bonds is 4. The predicted octanol–water partition coefficient (Wildman–Crippen LogP) is 1.19. The molecule has 0 saturated heterocycles. The predicted molar refractivity (Wildman–Crippen MR) is 69.4 cm³/mol. The first-order valence-corrected chi connectivity index (χ1v) is 5.89. The number of hydrogen-bond donors (Lipinski definition) is 1. The van der Waals surface area contributed by atoms with Crippen molar-refractivity contribution in [1.29, 1.82) is 0 Å². The van der Waals surface area contributed by atoms with E-state index in [2.05, 4.69) is 20.4 Å². The fourth-order valence-electron chi connectivity index (χ4n) is 1.57. The van der Waals surface area contributed by atoms with E-state index in [-0.39, 0.29) is 0 Å². The molecule has 0 unspecified atom stereocenters. The van der Waals surface area contributed by atoms with Crippen LogP contribution >= 0.6 is 0 Å². The standard InChI is InChI=1S/C12H15N5O2/c1-4-19-12(18)9-6-14-17(7-9)11-5-10(13-3)15-8(2)16-11/h5-7H,4H2,1-3H3,(H,13,15,16). The van der Waals surface area contributed by atoms with Gasteiger partial charge in [-0.3, -0.25) is 0 Å². The number of carbonyl (C=O) groups excluding carboxylic acids is 1. The second kappa shape index (κ2) is 5.47. The van der Waals surface area contributed by atoms with E-state index in [1.165, 1.54) is 10.9 Å². The highest BCUT2D eigenvalue weighted by atomic mass is 16.5. The molecule has 100 valence electrons. The number of carbonyl (C=O) groups is 1. The summed E-state index contributed by atoms with van der Waals surface area (Å²) in [5.74, 6) is 1.51. The molecule has 0 radical (unpaired) electrons. The van der Waals surface area contributed by atoms with Gasteiger partial charge in [-0.05, 0) is 13.8 Å². The molecule has 0 bridgehead atoms. The van der Waals surface area contributed by atoms with Crippen molar-refractivity contribution >= 4 is 11.8 Å². The van der Waals surface area contributed by atoms with Crippen LogP contribution < -0.4 is 5.32 Å². The minimum atomic E-state index is -0.395. The van der Waals surface area contributed by atoms with Gasteiger partial charge in [-0.2, -0.15) is 5.10 Å². The molecule has 19 heavy (non-hydrogen) atoms. The molecule has 0 atom stereocenters. The average molecular weight is 261 g/mol. The highest BCUT2D eigenvalue weighted by Crippen LogP contribution is 2.11. The molecule has 1 N–H and O–H groups in total. The van der Waals surface area contributed by atoms with Crippen molar-refractivity contribution in [3.63, 3.8) is 0 Å². The Bertz CT molecular complexity index is 594. The molecule has 0 aliphatic carbocycles. The Morgan fingerprint density at radius 3 is 2.95 bits per heavy atom. The summed E-state index contributed by atoms with van der Waals surface area (Å²) in [5.41, 5.74) is 0.393. The Labute approximate surface area is 110 Å². The number of aryl methyl sites for hydroxylation is 1. The summed E-state index contributed by atoms with van der Waals surface area (Å²) in [6.07, 6.45) is 3.04. The van der Waals surface area contributed by atoms with Crippen LogP contribution in [0.4, 0.5) is 5.82 Å². The molecule has 2 rings (SSSR count). The van der Waals surface area contributed by atoms with Gasteiger partial charge in [-0.1, -0.05) is 0 Å². The summed E-state index contributed by atoms with van der Waals surface area (Å²) in [4.78, 5) is 20.0. The summed E-state index contributed by atoms with van der Waals surface area (Å²) in [6, 6.07) is 1.74. The first-order valence-electron chi connectivity index (χ1n) is 5.89. The van der Waals surface area contributed by atoms with Gasteiger partial charge in [0.1, 0.15) is 11.6 Å². The average Bonchev–Trinajstić information content (AvgIpc) is 2.88. The third-order valence-corrected chi connectivity index (χ3v) is 2.41. The number of hydrogen-bond acceptors (Lipinski definition) is 6. The van der Waals surface area contributed by atoms with E-state index in [1.807, 2.05) is 0 Å². The van der Waals surface area contributed by atoms with Crippen LogP contribution in [0.15, 0.2) is 18.5 Å². The molecular weight excluding hydrogens is 246 g/mol. The third-order valence-electron chi connectivity index (χ3n) is 2.41. The number of nitrogens with one attached hydrogen (secondary N) is 1. The van der Waals surface area contributed by atoms with Gasteiger partial charge >= 0.3 is 5.97 Å². The lowest BCUT2D eigenvalue weighted by atomic mass is 10.4. The van der Waals surface area contributed by atoms with E-state index in [1.54, 1.807) is 33.2 Å². The van der Waals surface area contributed by atoms with Gasteiger partial charge in [0.25, 0.3) is 0 Å². The van der Waals surface area contributed by atoms with Crippen LogP contribution in [0.2, 0.25) is 0 Å². The highest BCUT2D eigenvalue weighted by molar-refractivity contribution is 5.88. The largest absolute Gasteiger partial charge is 0.462 e. The molecule has 7 nitrogen and oxygen atoms in total. The molecule has 2 heterocycles. The van der Waals surface area contributed by atoms with E-state index < -0.39 is 5.97 Å². The Morgan fingerprint density at radius 1 is 1.47 bits per heavy atom. The molecule has 0 aromatic carbocycles. The fourth-order valence-corrected chi connectivity index (χ4v) is 1.57. The van der Waals surface area contributed by atoms with E-state index >= 15 is 0 Å². The minimum absolute atomic E-state index is 0.334. The molecule has 7 heteroatoms. The van der Waals surface area contributed by atoms with E-state index in [9.17, 15) is 4.79 Å². The summed E-state index contributed by atoms with van der Waals surface area (Å²) < 4.78 is 6.42. The van der Waals surface area contributed by atoms with E-state index in [0.29, 0.717) is 29.6 Å². The number of esters is 1. The number of anilines is 1. The van der Waals surface area contributed by atoms with Crippen molar-refractivity contribution in [2.75, 3.05) is 19.0 Å². The van der Waals surface area contributed by atoms with Crippen LogP contribution in [0.3, 0.4) is 0 Å². The molecule has 0 aliphatic heterocycles. The molecule has 0 fully saturated rings. The van der Waals surface area contributed by atoms with Crippen LogP contribution in [0.1, 0.15) is 23.1 Å². The smallest absolute Gasteiger partial charge is 0.341 e. The van der Waals surface area contributed by atoms with Gasteiger partial charge in [0.15, 0.2) is 5.82 Å². The normalized spacial score (nSPS) is 10.3. The van der Waals surface area contributed by atoms with Crippen molar-refractivity contribution in [1.82, 2.24) is 19.7 Å². The van der Waals surface area contributed by atoms with Crippen molar-refractivity contribution < 1.29 is 9.53 Å². The second-order valence-electron chi connectivity index (χ2n) is 3.80. The molecule has 0 saturated carbocycles. The van der Waals surface area contributed by atoms with Crippen molar-refractivity contribution in [3.05, 3.63) is 29.8 Å². The maximum atomic E-state index is 11.6. The van der Waals surface area contributed by atoms with Crippen LogP contribution in [0, 0.1) is 6.92 Å². The molecule has 0 aliphatic rings. The summed E-state index contributed by atoms with van der Waals surface area (Å²) >= 11 is 0. The maximum absolute atomic E-state index is 11.6. The van der Waals surface area contributed by atoms with Gasteiger partial charge < -0.3 is 10.1 Å². The van der Waals surface area contributed by atoms with Gasteiger partial charge in [0.05, 0.1) is 18.4 Å². The first-order chi connectivity index (χ1) is 9.13. The lowest BCUT2D eigenvalue weighted by Gasteiger charge is -2.05.